The molecule has 1 saturated heterocycles. The van der Waals surface area contributed by atoms with Crippen molar-refractivity contribution in [3.05, 3.63) is 11.6 Å². The standard InChI is InChI=1S/C41H66BrN3O8/c1-24(2)25(3)37(5)16-17-39(7)27-12-13-31-38(6)22-51-23-41(31,28(27)14-15-40(39,8)32(37)34(47)48)21-30(52-26(4)46)33(38)53-35(49)29(43)11-9-10-19-44-36(50)45-20-18-42/h14,24-25,27,29-33H,9-13,15-23,43H2,1-8H3,(H,47,48)(H2,44,45,50)/t25-,27+,29?,30-,31+,32-,33+,37-,38+,39-,40+,41+/m1/s1. The minimum atomic E-state index is -0.859. The number of nitrogens with two attached hydrogens (primary N) is 1. The Kier molecular flexibility index (Phi) is 12.5. The van der Waals surface area contributed by atoms with Crippen molar-refractivity contribution in [3.63, 3.8) is 0 Å². The molecular formula is C41H66BrN3O8. The molecule has 12 heteroatoms. The van der Waals surface area contributed by atoms with Crippen molar-refractivity contribution in [2.45, 2.75) is 131 Å². The number of hydrogen-bond acceptors (Lipinski definition) is 8. The highest BCUT2D eigenvalue weighted by atomic mass is 79.9. The second-order valence-corrected chi connectivity index (χ2v) is 19.3. The summed E-state index contributed by atoms with van der Waals surface area (Å²) in [6.45, 7) is 18.9. The van der Waals surface area contributed by atoms with Crippen LogP contribution < -0.4 is 16.4 Å². The maximum Gasteiger partial charge on any atom is 0.323 e. The zero-order valence-electron chi connectivity index (χ0n) is 33.4. The summed E-state index contributed by atoms with van der Waals surface area (Å²) in [6.07, 6.45) is 7.41. The second kappa shape index (κ2) is 15.8. The molecule has 1 unspecified atom stereocenters. The maximum absolute atomic E-state index is 13.6. The predicted octanol–water partition coefficient (Wildman–Crippen LogP) is 6.61. The lowest BCUT2D eigenvalue weighted by Gasteiger charge is -2.71. The molecule has 2 bridgehead atoms. The molecule has 0 radical (unpaired) electrons. The van der Waals surface area contributed by atoms with E-state index < -0.39 is 58.3 Å². The molecule has 0 aromatic carbocycles. The fraction of sp³-hybridized carbons (Fsp3) is 0.854. The number of carbonyl (C=O) groups is 4. The Morgan fingerprint density at radius 2 is 1.70 bits per heavy atom. The quantitative estimate of drug-likeness (QED) is 0.0694. The summed E-state index contributed by atoms with van der Waals surface area (Å²) in [7, 11) is 0. The van der Waals surface area contributed by atoms with Gasteiger partial charge in [0.2, 0.25) is 0 Å². The first kappa shape index (κ1) is 42.0. The van der Waals surface area contributed by atoms with Crippen LogP contribution in [0.2, 0.25) is 0 Å². The monoisotopic (exact) mass is 807 g/mol. The van der Waals surface area contributed by atoms with Crippen molar-refractivity contribution in [1.82, 2.24) is 10.6 Å². The summed E-state index contributed by atoms with van der Waals surface area (Å²) in [5.41, 5.74) is 5.64. The van der Waals surface area contributed by atoms with Crippen LogP contribution >= 0.6 is 15.9 Å². The van der Waals surface area contributed by atoms with Crippen molar-refractivity contribution in [2.75, 3.05) is 31.6 Å². The Morgan fingerprint density at radius 3 is 2.34 bits per heavy atom. The highest BCUT2D eigenvalue weighted by Gasteiger charge is 2.72. The van der Waals surface area contributed by atoms with Gasteiger partial charge < -0.3 is 35.7 Å². The lowest BCUT2D eigenvalue weighted by atomic mass is 9.34. The Balaban J connectivity index is 1.40. The van der Waals surface area contributed by atoms with Gasteiger partial charge in [0.05, 0.1) is 19.1 Å². The smallest absolute Gasteiger partial charge is 0.323 e. The van der Waals surface area contributed by atoms with E-state index in [2.05, 4.69) is 81.1 Å². The Hall–Kier alpha value is -2.18. The Bertz CT molecular complexity index is 1440. The van der Waals surface area contributed by atoms with E-state index in [-0.39, 0.29) is 34.6 Å². The van der Waals surface area contributed by atoms with E-state index in [9.17, 15) is 24.3 Å². The fourth-order valence-corrected chi connectivity index (χ4v) is 12.5. The molecule has 11 nitrogen and oxygen atoms in total. The van der Waals surface area contributed by atoms with Crippen molar-refractivity contribution in [2.24, 2.45) is 62.4 Å². The molecule has 5 N–H and O–H groups in total. The van der Waals surface area contributed by atoms with Gasteiger partial charge in [0.25, 0.3) is 0 Å². The number of nitrogens with one attached hydrogen (secondary N) is 2. The Labute approximate surface area is 325 Å². The summed E-state index contributed by atoms with van der Waals surface area (Å²) in [5, 5.41) is 17.2. The number of ether oxygens (including phenoxy) is 3. The molecule has 4 fully saturated rings. The van der Waals surface area contributed by atoms with E-state index >= 15 is 0 Å². The number of esters is 2. The van der Waals surface area contributed by atoms with Crippen LogP contribution in [0.5, 0.6) is 0 Å². The van der Waals surface area contributed by atoms with Gasteiger partial charge in [-0.2, -0.15) is 0 Å². The molecule has 1 heterocycles. The first-order valence-electron chi connectivity index (χ1n) is 20.0. The topological polar surface area (TPSA) is 166 Å². The molecule has 53 heavy (non-hydrogen) atoms. The minimum Gasteiger partial charge on any atom is -0.481 e. The first-order valence-corrected chi connectivity index (χ1v) is 21.2. The van der Waals surface area contributed by atoms with Gasteiger partial charge in [0, 0.05) is 36.2 Å². The molecule has 3 saturated carbocycles. The number of allylic oxidation sites excluding steroid dienone is 1. The van der Waals surface area contributed by atoms with Gasteiger partial charge in [-0.05, 0) is 97.7 Å². The van der Waals surface area contributed by atoms with Gasteiger partial charge in [-0.1, -0.05) is 76.0 Å². The molecule has 4 aliphatic carbocycles. The van der Waals surface area contributed by atoms with Crippen LogP contribution in [-0.4, -0.2) is 78.9 Å². The number of hydrogen-bond donors (Lipinski definition) is 4. The normalized spacial score (nSPS) is 40.0. The van der Waals surface area contributed by atoms with E-state index in [0.29, 0.717) is 69.7 Å². The van der Waals surface area contributed by atoms with Crippen LogP contribution in [0, 0.1) is 56.7 Å². The predicted molar refractivity (Wildman–Crippen MR) is 206 cm³/mol. The van der Waals surface area contributed by atoms with Gasteiger partial charge in [0.15, 0.2) is 0 Å². The molecule has 0 aromatic heterocycles. The number of unbranched alkanes of at least 4 members (excludes halogenated alkanes) is 1. The number of urea groups is 1. The van der Waals surface area contributed by atoms with Gasteiger partial charge >= 0.3 is 23.9 Å². The average molecular weight is 809 g/mol. The second-order valence-electron chi connectivity index (χ2n) is 18.5. The maximum atomic E-state index is 13.6. The summed E-state index contributed by atoms with van der Waals surface area (Å²) < 4.78 is 18.9. The molecular weight excluding hydrogens is 742 g/mol. The number of rotatable bonds is 13. The minimum absolute atomic E-state index is 0.117. The third-order valence-electron chi connectivity index (χ3n) is 15.5. The molecule has 300 valence electrons. The summed E-state index contributed by atoms with van der Waals surface area (Å²) in [6, 6.07) is -1.09. The third-order valence-corrected chi connectivity index (χ3v) is 15.9. The van der Waals surface area contributed by atoms with Gasteiger partial charge in [-0.25, -0.2) is 4.79 Å². The van der Waals surface area contributed by atoms with Crippen LogP contribution in [0.1, 0.15) is 113 Å². The molecule has 5 rings (SSSR count). The van der Waals surface area contributed by atoms with Crippen molar-refractivity contribution in [1.29, 1.82) is 0 Å². The number of carboxylic acids is 1. The lowest BCUT2D eigenvalue weighted by Crippen LogP contribution is -2.70. The van der Waals surface area contributed by atoms with Crippen molar-refractivity contribution >= 4 is 39.9 Å². The van der Waals surface area contributed by atoms with E-state index in [1.54, 1.807) is 0 Å². The number of fused-ring (bicyclic) bond motifs is 3. The number of carbonyl (C=O) groups excluding carboxylic acids is 3. The molecule has 0 spiro atoms. The number of amides is 2. The number of carboxylic acid groups (broad SMARTS) is 1. The van der Waals surface area contributed by atoms with Gasteiger partial charge in [-0.15, -0.1) is 0 Å². The van der Waals surface area contributed by atoms with Crippen molar-refractivity contribution in [3.8, 4) is 0 Å². The number of halogens is 1. The number of alkyl halides is 1. The number of aliphatic carboxylic acids is 1. The molecule has 12 atom stereocenters. The van der Waals surface area contributed by atoms with Crippen LogP contribution in [0.3, 0.4) is 0 Å². The highest BCUT2D eigenvalue weighted by Crippen LogP contribution is 2.75. The van der Waals surface area contributed by atoms with E-state index in [0.717, 1.165) is 25.7 Å². The van der Waals surface area contributed by atoms with Crippen LogP contribution in [0.15, 0.2) is 11.6 Å². The summed E-state index contributed by atoms with van der Waals surface area (Å²) in [5.74, 6) is -1.21. The Morgan fingerprint density at radius 1 is 1.00 bits per heavy atom. The average Bonchev–Trinajstić information content (AvgIpc) is 3.08. The van der Waals surface area contributed by atoms with Gasteiger partial charge in [0.1, 0.15) is 18.2 Å². The van der Waals surface area contributed by atoms with Gasteiger partial charge in [-0.3, -0.25) is 14.4 Å². The summed E-state index contributed by atoms with van der Waals surface area (Å²) >= 11 is 3.28. The fourth-order valence-electron chi connectivity index (χ4n) is 12.3. The third kappa shape index (κ3) is 7.20. The van der Waals surface area contributed by atoms with E-state index in [1.807, 2.05) is 0 Å². The lowest BCUT2D eigenvalue weighted by molar-refractivity contribution is -0.263. The summed E-state index contributed by atoms with van der Waals surface area (Å²) in [4.78, 5) is 51.5. The van der Waals surface area contributed by atoms with E-state index in [4.69, 9.17) is 19.9 Å². The molecule has 5 aliphatic rings. The van der Waals surface area contributed by atoms with Crippen LogP contribution in [-0.2, 0) is 28.6 Å². The van der Waals surface area contributed by atoms with Crippen molar-refractivity contribution < 1.29 is 38.5 Å². The van der Waals surface area contributed by atoms with E-state index in [1.165, 1.54) is 12.5 Å². The van der Waals surface area contributed by atoms with Crippen LogP contribution in [0.25, 0.3) is 0 Å². The van der Waals surface area contributed by atoms with Crippen LogP contribution in [0.4, 0.5) is 4.79 Å². The molecule has 1 aliphatic heterocycles. The molecule has 2 amide bonds. The largest absolute Gasteiger partial charge is 0.481 e. The highest BCUT2D eigenvalue weighted by molar-refractivity contribution is 9.09. The molecule has 0 aromatic rings. The zero-order valence-corrected chi connectivity index (χ0v) is 34.9. The SMILES string of the molecule is CC(=O)O[C@@H]1C[C@@]23COC[C@@](C)([C@@H]2CC[C@H]2C3=CC[C@@]3(C)[C@H](C(=O)O)[C@@](C)([C@H](C)C(C)C)CC[C@]23C)[C@H]1OC(=O)C(N)CCCCNC(=O)NCCBr. The zero-order chi connectivity index (χ0) is 39.1. The first-order chi connectivity index (χ1) is 24.8.